The van der Waals surface area contributed by atoms with E-state index in [9.17, 15) is 39.0 Å². The third kappa shape index (κ3) is 26.5. The van der Waals surface area contributed by atoms with Crippen molar-refractivity contribution in [3.63, 3.8) is 0 Å². The summed E-state index contributed by atoms with van der Waals surface area (Å²) in [7, 11) is 0. The van der Waals surface area contributed by atoms with Crippen LogP contribution in [0.15, 0.2) is 36.9 Å². The first-order valence-electron chi connectivity index (χ1n) is 26.3. The first-order valence-corrected chi connectivity index (χ1v) is 26.6. The molecule has 4 saturated carbocycles. The number of aliphatic hydroxyl groups is 2. The minimum Gasteiger partial charge on any atom is -0.462 e. The number of nitrogens with one attached hydrogen (secondary N) is 5. The van der Waals surface area contributed by atoms with Gasteiger partial charge in [0.2, 0.25) is 0 Å². The number of nitrogens with zero attached hydrogens (tertiary/aromatic N) is 2. The number of anilines is 1. The summed E-state index contributed by atoms with van der Waals surface area (Å²) in [5, 5.41) is 30.2. The number of carbonyl (C=O) groups is 6. The van der Waals surface area contributed by atoms with E-state index >= 15 is 0 Å². The fourth-order valence-corrected chi connectivity index (χ4v) is 9.08. The number of esters is 2. The van der Waals surface area contributed by atoms with Gasteiger partial charge in [0.05, 0.1) is 41.7 Å². The Morgan fingerprint density at radius 3 is 1.58 bits per heavy atom. The smallest absolute Gasteiger partial charge is 0.407 e. The fourth-order valence-electron chi connectivity index (χ4n) is 8.80. The van der Waals surface area contributed by atoms with Gasteiger partial charge in [-0.1, -0.05) is 33.9 Å². The molecule has 0 saturated heterocycles. The van der Waals surface area contributed by atoms with Crippen LogP contribution in [0.1, 0.15) is 201 Å². The third-order valence-electron chi connectivity index (χ3n) is 12.2. The number of fused-ring (bicyclic) bond motifs is 2. The average molecular weight is 1150 g/mol. The molecular weight excluding hydrogens is 1060 g/mol. The standard InChI is InChI=1S/C16H21N3O3.C11H21NO3.C11H19NO3.C10H9ClN2O2.C6H11NO.3CH4.ClH/c1-2-22-16(21)13-9-18-15-12(6-7-17-15)14(13)19-10-4-3-5-11(20)8-10;2*1-11(2,3)15-10(14)12-8-5-4-6-9(13)7-8;1-2-15-10(14)7-5-13-9-6(8(7)11)3-4-12-9;7-5-2-1-3-6(8)4-5;;;;/h6-7,9-11,20H,2-5,8H2,1H3,(H2,17,18,19);8-9,13H,4-7H2,1-3H3,(H,12,14);8H,4-7H2,1-3H3,(H,12,14);3-5H,2H2,1H3,(H,12,13);5H,1-4,7H2;3*1H4;1H. The first-order chi connectivity index (χ1) is 35.4. The Labute approximate surface area is 479 Å². The van der Waals surface area contributed by atoms with Crippen LogP contribution in [0, 0.1) is 0 Å². The number of Topliss-reactive ketones (excluding diaryl/α,β-unsaturated/α-hetero) is 2. The monoisotopic (exact) mass is 1150 g/mol. The number of ether oxygens (including phenoxy) is 4. The summed E-state index contributed by atoms with van der Waals surface area (Å²) in [6.07, 6.45) is 18.2. The molecule has 9 N–H and O–H groups in total. The Morgan fingerprint density at radius 1 is 0.658 bits per heavy atom. The predicted octanol–water partition coefficient (Wildman–Crippen LogP) is 11.5. The quantitative estimate of drug-likeness (QED) is 0.0601. The Hall–Kier alpha value is -5.54. The van der Waals surface area contributed by atoms with Gasteiger partial charge in [-0.15, -0.1) is 12.4 Å². The normalized spacial score (nSPS) is 20.6. The van der Waals surface area contributed by atoms with Crippen LogP contribution in [-0.2, 0) is 28.5 Å². The van der Waals surface area contributed by atoms with E-state index in [0.717, 1.165) is 92.7 Å². The number of amides is 2. The van der Waals surface area contributed by atoms with Gasteiger partial charge in [-0.3, -0.25) is 9.59 Å². The maximum Gasteiger partial charge on any atom is 0.407 e. The number of nitrogens with two attached hydrogens (primary N) is 1. The van der Waals surface area contributed by atoms with Crippen LogP contribution in [0.2, 0.25) is 5.02 Å². The number of carbonyl (C=O) groups excluding carboxylic acids is 6. The first kappa shape index (κ1) is 73.5. The fraction of sp³-hybridized carbons (Fsp3) is 0.649. The van der Waals surface area contributed by atoms with E-state index < -0.39 is 23.3 Å². The van der Waals surface area contributed by atoms with Crippen molar-refractivity contribution in [2.75, 3.05) is 18.5 Å². The number of halogens is 2. The Morgan fingerprint density at radius 2 is 1.10 bits per heavy atom. The molecule has 448 valence electrons. The zero-order valence-electron chi connectivity index (χ0n) is 45.4. The maximum atomic E-state index is 12.2. The number of aromatic nitrogens is 4. The number of H-pyrrole nitrogens is 2. The Kier molecular flexibility index (Phi) is 33.4. The van der Waals surface area contributed by atoms with Crippen LogP contribution in [0.25, 0.3) is 22.1 Å². The average Bonchev–Trinajstić information content (AvgIpc) is 4.01. The Balaban J connectivity index is 0.000000977. The van der Waals surface area contributed by atoms with Gasteiger partial charge in [0, 0.05) is 85.4 Å². The van der Waals surface area contributed by atoms with E-state index in [1.807, 2.05) is 47.6 Å². The lowest BCUT2D eigenvalue weighted by Crippen LogP contribution is -2.42. The van der Waals surface area contributed by atoms with Crippen molar-refractivity contribution in [1.29, 1.82) is 0 Å². The minimum absolute atomic E-state index is 0. The van der Waals surface area contributed by atoms with Crippen LogP contribution in [0.4, 0.5) is 15.3 Å². The maximum absolute atomic E-state index is 12.2. The van der Waals surface area contributed by atoms with Crippen LogP contribution in [0.3, 0.4) is 0 Å². The topological polar surface area (TPSA) is 299 Å². The lowest BCUT2D eigenvalue weighted by Gasteiger charge is -2.28. The van der Waals surface area contributed by atoms with E-state index in [1.165, 1.54) is 6.20 Å². The second-order valence-corrected chi connectivity index (χ2v) is 21.5. The van der Waals surface area contributed by atoms with Crippen molar-refractivity contribution >= 4 is 87.5 Å². The van der Waals surface area contributed by atoms with Gasteiger partial charge in [0.25, 0.3) is 0 Å². The molecule has 20 nitrogen and oxygen atoms in total. The molecular formula is C57H94Cl2N8O12. The molecule has 4 aliphatic rings. The second kappa shape index (κ2) is 35.9. The van der Waals surface area contributed by atoms with Gasteiger partial charge in [0.15, 0.2) is 0 Å². The molecule has 0 radical (unpaired) electrons. The van der Waals surface area contributed by atoms with Crippen molar-refractivity contribution < 1.29 is 57.9 Å². The Bertz CT molecular complexity index is 2490. The summed E-state index contributed by atoms with van der Waals surface area (Å²) in [4.78, 5) is 82.5. The largest absolute Gasteiger partial charge is 0.462 e. The summed E-state index contributed by atoms with van der Waals surface area (Å²) in [5.41, 5.74) is 7.42. The minimum atomic E-state index is -0.483. The number of ketones is 2. The molecule has 79 heavy (non-hydrogen) atoms. The number of rotatable bonds is 8. The van der Waals surface area contributed by atoms with Gasteiger partial charge < -0.3 is 60.8 Å². The molecule has 0 aliphatic heterocycles. The van der Waals surface area contributed by atoms with Crippen molar-refractivity contribution in [3.8, 4) is 0 Å². The van der Waals surface area contributed by atoms with E-state index in [0.29, 0.717) is 72.9 Å². The number of aliphatic hydroxyl groups excluding tert-OH is 2. The summed E-state index contributed by atoms with van der Waals surface area (Å²) in [6, 6.07) is 4.00. The third-order valence-corrected chi connectivity index (χ3v) is 12.6. The lowest BCUT2D eigenvalue weighted by atomic mass is 9.92. The molecule has 6 unspecified atom stereocenters. The van der Waals surface area contributed by atoms with Crippen LogP contribution < -0.4 is 21.7 Å². The van der Waals surface area contributed by atoms with Crippen LogP contribution in [-0.4, -0.2) is 127 Å². The van der Waals surface area contributed by atoms with E-state index in [2.05, 4.69) is 35.9 Å². The molecule has 0 spiro atoms. The van der Waals surface area contributed by atoms with Crippen molar-refractivity contribution in [2.45, 2.75) is 228 Å². The zero-order valence-corrected chi connectivity index (χ0v) is 47.0. The lowest BCUT2D eigenvalue weighted by molar-refractivity contribution is -0.121. The highest BCUT2D eigenvalue weighted by Gasteiger charge is 2.27. The molecule has 4 heterocycles. The van der Waals surface area contributed by atoms with E-state index in [4.69, 9.17) is 36.3 Å². The predicted molar refractivity (Wildman–Crippen MR) is 314 cm³/mol. The molecule has 0 aromatic carbocycles. The molecule has 4 aromatic heterocycles. The van der Waals surface area contributed by atoms with Gasteiger partial charge in [-0.05, 0) is 145 Å². The number of pyridine rings is 2. The molecule has 8 rings (SSSR count). The zero-order chi connectivity index (χ0) is 55.3. The van der Waals surface area contributed by atoms with E-state index in [-0.39, 0.29) is 88.9 Å². The van der Waals surface area contributed by atoms with Crippen molar-refractivity contribution in [3.05, 3.63) is 53.1 Å². The van der Waals surface area contributed by atoms with E-state index in [1.54, 1.807) is 38.5 Å². The molecule has 4 fully saturated rings. The SMILES string of the molecule is C.C.C.CC(C)(C)OC(=O)NC1CCCC(=O)C1.CC(C)(C)OC(=O)NC1CCCC(O)C1.CCOC(=O)c1cnc2[nH]ccc2c1Cl.CCOC(=O)c1cnc2[nH]ccc2c1NC1CCCC(O)C1.Cl.NC1CCCC(=O)C1. The van der Waals surface area contributed by atoms with Gasteiger partial charge in [0.1, 0.15) is 39.6 Å². The van der Waals surface area contributed by atoms with Crippen LogP contribution >= 0.6 is 24.0 Å². The highest BCUT2D eigenvalue weighted by molar-refractivity contribution is 6.38. The van der Waals surface area contributed by atoms with Crippen molar-refractivity contribution in [2.24, 2.45) is 5.73 Å². The number of hydrogen-bond donors (Lipinski definition) is 8. The van der Waals surface area contributed by atoms with Gasteiger partial charge in [-0.2, -0.15) is 0 Å². The van der Waals surface area contributed by atoms with Crippen LogP contribution in [0.5, 0.6) is 0 Å². The molecule has 4 aromatic rings. The molecule has 0 bridgehead atoms. The summed E-state index contributed by atoms with van der Waals surface area (Å²) < 4.78 is 20.2. The van der Waals surface area contributed by atoms with Gasteiger partial charge in [-0.25, -0.2) is 29.1 Å². The molecule has 6 atom stereocenters. The van der Waals surface area contributed by atoms with Gasteiger partial charge >= 0.3 is 24.1 Å². The summed E-state index contributed by atoms with van der Waals surface area (Å²) >= 11 is 6.05. The molecule has 4 aliphatic carbocycles. The highest BCUT2D eigenvalue weighted by Crippen LogP contribution is 2.31. The highest BCUT2D eigenvalue weighted by atomic mass is 35.5. The number of aromatic amines is 2. The summed E-state index contributed by atoms with van der Waals surface area (Å²) in [5.74, 6) is -0.263. The molecule has 22 heteroatoms. The second-order valence-electron chi connectivity index (χ2n) is 21.2. The van der Waals surface area contributed by atoms with Crippen molar-refractivity contribution in [1.82, 2.24) is 30.6 Å². The number of alkyl carbamates (subject to hydrolysis) is 2. The summed E-state index contributed by atoms with van der Waals surface area (Å²) in [6.45, 7) is 15.1. The molecule has 2 amide bonds. The number of hydrogen-bond acceptors (Lipinski definition) is 16.